The number of hydrogen-bond donors (Lipinski definition) is 1. The third-order valence-electron chi connectivity index (χ3n) is 4.45. The SMILES string of the molecule is O=C(Nc1ccc(OCc2nnc(-c3ccccc3)o2)cc1)C1CCC1. The lowest BCUT2D eigenvalue weighted by Crippen LogP contribution is -2.27. The van der Waals surface area contributed by atoms with E-state index in [1.165, 1.54) is 0 Å². The molecule has 0 saturated heterocycles. The van der Waals surface area contributed by atoms with Gasteiger partial charge in [-0.1, -0.05) is 24.6 Å². The van der Waals surface area contributed by atoms with E-state index in [2.05, 4.69) is 15.5 Å². The van der Waals surface area contributed by atoms with Gasteiger partial charge in [0, 0.05) is 17.2 Å². The molecule has 1 N–H and O–H groups in total. The van der Waals surface area contributed by atoms with Gasteiger partial charge in [0.25, 0.3) is 5.89 Å². The summed E-state index contributed by atoms with van der Waals surface area (Å²) in [6, 6.07) is 16.9. The molecule has 132 valence electrons. The summed E-state index contributed by atoms with van der Waals surface area (Å²) in [4.78, 5) is 11.9. The normalized spacial score (nSPS) is 13.8. The molecule has 1 heterocycles. The molecule has 3 aromatic rings. The number of rotatable bonds is 6. The fourth-order valence-electron chi connectivity index (χ4n) is 2.70. The summed E-state index contributed by atoms with van der Waals surface area (Å²) in [6.45, 7) is 0.188. The van der Waals surface area contributed by atoms with Crippen LogP contribution in [0.25, 0.3) is 11.5 Å². The van der Waals surface area contributed by atoms with Crippen molar-refractivity contribution in [3.8, 4) is 17.2 Å². The average molecular weight is 349 g/mol. The van der Waals surface area contributed by atoms with Crippen LogP contribution in [-0.2, 0) is 11.4 Å². The average Bonchev–Trinajstić information content (AvgIpc) is 3.09. The number of benzene rings is 2. The quantitative estimate of drug-likeness (QED) is 0.726. The minimum absolute atomic E-state index is 0.101. The molecule has 0 radical (unpaired) electrons. The second kappa shape index (κ2) is 7.39. The summed E-state index contributed by atoms with van der Waals surface area (Å²) >= 11 is 0. The first kappa shape index (κ1) is 16.3. The minimum atomic E-state index is 0.101. The second-order valence-corrected chi connectivity index (χ2v) is 6.30. The molecule has 0 spiro atoms. The van der Waals surface area contributed by atoms with Crippen LogP contribution in [0, 0.1) is 5.92 Å². The van der Waals surface area contributed by atoms with Crippen molar-refractivity contribution in [2.24, 2.45) is 5.92 Å². The maximum Gasteiger partial charge on any atom is 0.254 e. The van der Waals surface area contributed by atoms with E-state index in [0.717, 1.165) is 30.5 Å². The molecule has 6 nitrogen and oxygen atoms in total. The van der Waals surface area contributed by atoms with Crippen molar-refractivity contribution in [2.45, 2.75) is 25.9 Å². The lowest BCUT2D eigenvalue weighted by atomic mass is 9.85. The number of amides is 1. The summed E-state index contributed by atoms with van der Waals surface area (Å²) < 4.78 is 11.3. The molecule has 1 amide bonds. The van der Waals surface area contributed by atoms with Crippen molar-refractivity contribution >= 4 is 11.6 Å². The van der Waals surface area contributed by atoms with E-state index >= 15 is 0 Å². The van der Waals surface area contributed by atoms with Gasteiger partial charge in [0.15, 0.2) is 6.61 Å². The van der Waals surface area contributed by atoms with Gasteiger partial charge in [0.05, 0.1) is 0 Å². The van der Waals surface area contributed by atoms with Gasteiger partial charge in [-0.05, 0) is 49.2 Å². The van der Waals surface area contributed by atoms with Gasteiger partial charge in [-0.25, -0.2) is 0 Å². The Bertz CT molecular complexity index is 871. The molecule has 1 aliphatic rings. The summed E-state index contributed by atoms with van der Waals surface area (Å²) in [5, 5.41) is 11.0. The fraction of sp³-hybridized carbons (Fsp3) is 0.250. The molecular weight excluding hydrogens is 330 g/mol. The van der Waals surface area contributed by atoms with Crippen LogP contribution in [0.1, 0.15) is 25.2 Å². The molecule has 1 saturated carbocycles. The highest BCUT2D eigenvalue weighted by molar-refractivity contribution is 5.93. The molecule has 6 heteroatoms. The van der Waals surface area contributed by atoms with E-state index in [-0.39, 0.29) is 18.4 Å². The summed E-state index contributed by atoms with van der Waals surface area (Å²) in [6.07, 6.45) is 3.12. The topological polar surface area (TPSA) is 77.2 Å². The Kier molecular flexibility index (Phi) is 4.64. The van der Waals surface area contributed by atoms with Crippen LogP contribution in [0.15, 0.2) is 59.0 Å². The Morgan fingerprint density at radius 1 is 1.08 bits per heavy atom. The molecule has 1 aromatic heterocycles. The van der Waals surface area contributed by atoms with Crippen LogP contribution >= 0.6 is 0 Å². The Labute approximate surface area is 151 Å². The largest absolute Gasteiger partial charge is 0.484 e. The van der Waals surface area contributed by atoms with Gasteiger partial charge in [-0.2, -0.15) is 0 Å². The molecular formula is C20H19N3O3. The summed E-state index contributed by atoms with van der Waals surface area (Å²) in [7, 11) is 0. The minimum Gasteiger partial charge on any atom is -0.484 e. The van der Waals surface area contributed by atoms with Crippen LogP contribution in [-0.4, -0.2) is 16.1 Å². The molecule has 0 atom stereocenters. The third kappa shape index (κ3) is 3.74. The molecule has 1 fully saturated rings. The number of ether oxygens (including phenoxy) is 1. The van der Waals surface area contributed by atoms with Crippen LogP contribution in [0.3, 0.4) is 0 Å². The van der Waals surface area contributed by atoms with Gasteiger partial charge in [0.1, 0.15) is 5.75 Å². The Balaban J connectivity index is 1.32. The summed E-state index contributed by atoms with van der Waals surface area (Å²) in [5.41, 5.74) is 1.65. The summed E-state index contributed by atoms with van der Waals surface area (Å²) in [5.74, 6) is 1.82. The standard InChI is InChI=1S/C20H19N3O3/c24-19(14-7-4-8-14)21-16-9-11-17(12-10-16)25-13-18-22-23-20(26-18)15-5-2-1-3-6-15/h1-3,5-6,9-12,14H,4,7-8,13H2,(H,21,24). The Morgan fingerprint density at radius 2 is 1.85 bits per heavy atom. The second-order valence-electron chi connectivity index (χ2n) is 6.30. The smallest absolute Gasteiger partial charge is 0.254 e. The number of hydrogen-bond acceptors (Lipinski definition) is 5. The van der Waals surface area contributed by atoms with E-state index in [1.54, 1.807) is 0 Å². The number of nitrogens with zero attached hydrogens (tertiary/aromatic N) is 2. The Morgan fingerprint density at radius 3 is 2.54 bits per heavy atom. The predicted molar refractivity (Wildman–Crippen MR) is 96.5 cm³/mol. The number of carbonyl (C=O) groups excluding carboxylic acids is 1. The lowest BCUT2D eigenvalue weighted by Gasteiger charge is -2.24. The molecule has 4 rings (SSSR count). The van der Waals surface area contributed by atoms with Crippen LogP contribution in [0.5, 0.6) is 5.75 Å². The van der Waals surface area contributed by atoms with Crippen LogP contribution < -0.4 is 10.1 Å². The molecule has 1 aliphatic carbocycles. The van der Waals surface area contributed by atoms with Crippen molar-refractivity contribution in [3.05, 3.63) is 60.5 Å². The van der Waals surface area contributed by atoms with Gasteiger partial charge in [-0.15, -0.1) is 10.2 Å². The monoisotopic (exact) mass is 349 g/mol. The molecule has 0 unspecified atom stereocenters. The van der Waals surface area contributed by atoms with Crippen LogP contribution in [0.2, 0.25) is 0 Å². The van der Waals surface area contributed by atoms with Crippen molar-refractivity contribution in [1.82, 2.24) is 10.2 Å². The van der Waals surface area contributed by atoms with Crippen molar-refractivity contribution < 1.29 is 13.9 Å². The van der Waals surface area contributed by atoms with E-state index in [9.17, 15) is 4.79 Å². The van der Waals surface area contributed by atoms with E-state index in [4.69, 9.17) is 9.15 Å². The first-order valence-corrected chi connectivity index (χ1v) is 8.69. The molecule has 0 aliphatic heterocycles. The van der Waals surface area contributed by atoms with Crippen LogP contribution in [0.4, 0.5) is 5.69 Å². The van der Waals surface area contributed by atoms with E-state index < -0.39 is 0 Å². The first-order valence-electron chi connectivity index (χ1n) is 8.69. The van der Waals surface area contributed by atoms with Crippen molar-refractivity contribution in [2.75, 3.05) is 5.32 Å². The molecule has 26 heavy (non-hydrogen) atoms. The number of anilines is 1. The van der Waals surface area contributed by atoms with Gasteiger partial charge < -0.3 is 14.5 Å². The maximum atomic E-state index is 11.9. The fourth-order valence-corrected chi connectivity index (χ4v) is 2.70. The predicted octanol–water partition coefficient (Wildman–Crippen LogP) is 4.05. The molecule has 0 bridgehead atoms. The van der Waals surface area contributed by atoms with Crippen molar-refractivity contribution in [3.63, 3.8) is 0 Å². The van der Waals surface area contributed by atoms with E-state index in [0.29, 0.717) is 17.5 Å². The first-order chi connectivity index (χ1) is 12.8. The number of carbonyl (C=O) groups is 1. The highest BCUT2D eigenvalue weighted by Crippen LogP contribution is 2.28. The number of nitrogens with one attached hydrogen (secondary N) is 1. The molecule has 2 aromatic carbocycles. The lowest BCUT2D eigenvalue weighted by molar-refractivity contribution is -0.122. The van der Waals surface area contributed by atoms with Crippen molar-refractivity contribution in [1.29, 1.82) is 0 Å². The zero-order chi connectivity index (χ0) is 17.8. The highest BCUT2D eigenvalue weighted by Gasteiger charge is 2.25. The highest BCUT2D eigenvalue weighted by atomic mass is 16.5. The zero-order valence-electron chi connectivity index (χ0n) is 14.2. The van der Waals surface area contributed by atoms with Gasteiger partial charge >= 0.3 is 0 Å². The van der Waals surface area contributed by atoms with Gasteiger partial charge in [-0.3, -0.25) is 4.79 Å². The maximum absolute atomic E-state index is 11.9. The zero-order valence-corrected chi connectivity index (χ0v) is 14.2. The third-order valence-corrected chi connectivity index (χ3v) is 4.45. The number of aromatic nitrogens is 2. The van der Waals surface area contributed by atoms with E-state index in [1.807, 2.05) is 54.6 Å². The Hall–Kier alpha value is -3.15. The van der Waals surface area contributed by atoms with Gasteiger partial charge in [0.2, 0.25) is 11.8 Å².